The van der Waals surface area contributed by atoms with Gasteiger partial charge in [0, 0.05) is 30.8 Å². The van der Waals surface area contributed by atoms with Crippen molar-refractivity contribution in [1.82, 2.24) is 9.55 Å². The number of ether oxygens (including phenoxy) is 1. The zero-order valence-electron chi connectivity index (χ0n) is 18.1. The van der Waals surface area contributed by atoms with E-state index in [9.17, 15) is 9.59 Å². The Balaban J connectivity index is 1.61. The van der Waals surface area contributed by atoms with Crippen molar-refractivity contribution in [1.29, 1.82) is 0 Å². The van der Waals surface area contributed by atoms with Crippen molar-refractivity contribution in [3.63, 3.8) is 0 Å². The third-order valence-electron chi connectivity index (χ3n) is 4.99. The molecule has 0 atom stereocenters. The largest absolute Gasteiger partial charge is 0.448 e. The highest BCUT2D eigenvalue weighted by Gasteiger charge is 2.18. The minimum atomic E-state index is -0.246. The van der Waals surface area contributed by atoms with Crippen LogP contribution in [0.15, 0.2) is 62.9 Å². The first-order valence-corrected chi connectivity index (χ1v) is 11.5. The number of furan rings is 1. The van der Waals surface area contributed by atoms with Crippen LogP contribution < -0.4 is 10.9 Å². The van der Waals surface area contributed by atoms with E-state index in [0.717, 1.165) is 16.6 Å². The molecule has 0 fully saturated rings. The van der Waals surface area contributed by atoms with Crippen LogP contribution in [0, 0.1) is 6.92 Å². The summed E-state index contributed by atoms with van der Waals surface area (Å²) in [5, 5.41) is 4.16. The van der Waals surface area contributed by atoms with Crippen LogP contribution in [-0.4, -0.2) is 34.4 Å². The van der Waals surface area contributed by atoms with Crippen LogP contribution in [0.25, 0.3) is 22.1 Å². The topological polar surface area (TPSA) is 86.4 Å². The minimum Gasteiger partial charge on any atom is -0.448 e. The second-order valence-electron chi connectivity index (χ2n) is 7.38. The van der Waals surface area contributed by atoms with E-state index in [-0.39, 0.29) is 22.8 Å². The highest BCUT2D eigenvalue weighted by atomic mass is 32.2. The smallest absolute Gasteiger partial charge is 0.297 e. The van der Waals surface area contributed by atoms with Crippen LogP contribution in [0.4, 0.5) is 5.69 Å². The lowest BCUT2D eigenvalue weighted by atomic mass is 10.2. The number of benzene rings is 2. The van der Waals surface area contributed by atoms with E-state index in [1.54, 1.807) is 4.57 Å². The average molecular weight is 452 g/mol. The van der Waals surface area contributed by atoms with E-state index in [2.05, 4.69) is 5.32 Å². The summed E-state index contributed by atoms with van der Waals surface area (Å²) in [4.78, 5) is 30.5. The number of fused-ring (bicyclic) bond motifs is 3. The van der Waals surface area contributed by atoms with Gasteiger partial charge in [-0.15, -0.1) is 0 Å². The molecule has 1 N–H and O–H groups in total. The number of aromatic nitrogens is 2. The van der Waals surface area contributed by atoms with Crippen molar-refractivity contribution in [2.75, 3.05) is 24.3 Å². The normalized spacial score (nSPS) is 11.3. The Labute approximate surface area is 189 Å². The number of hydrogen-bond donors (Lipinski definition) is 1. The van der Waals surface area contributed by atoms with Gasteiger partial charge in [0.15, 0.2) is 5.16 Å². The molecule has 2 aromatic heterocycles. The summed E-state index contributed by atoms with van der Waals surface area (Å²) >= 11 is 1.24. The lowest BCUT2D eigenvalue weighted by molar-refractivity contribution is -0.113. The molecule has 0 radical (unpaired) electrons. The first kappa shape index (κ1) is 22.1. The van der Waals surface area contributed by atoms with E-state index in [4.69, 9.17) is 14.1 Å². The minimum absolute atomic E-state index is 0.132. The monoisotopic (exact) mass is 451 g/mol. The van der Waals surface area contributed by atoms with Crippen molar-refractivity contribution >= 4 is 45.4 Å². The summed E-state index contributed by atoms with van der Waals surface area (Å²) in [5.41, 5.74) is 2.98. The molecule has 0 spiro atoms. The van der Waals surface area contributed by atoms with Gasteiger partial charge in [-0.2, -0.15) is 0 Å². The molecular weight excluding hydrogens is 426 g/mol. The highest BCUT2D eigenvalue weighted by Crippen LogP contribution is 2.27. The molecule has 8 heteroatoms. The van der Waals surface area contributed by atoms with Gasteiger partial charge in [0.2, 0.25) is 11.5 Å². The molecule has 2 aromatic carbocycles. The highest BCUT2D eigenvalue weighted by molar-refractivity contribution is 7.99. The number of carbonyl (C=O) groups excluding carboxylic acids is 1. The number of rotatable bonds is 9. The zero-order chi connectivity index (χ0) is 22.5. The first-order valence-electron chi connectivity index (χ1n) is 10.6. The maximum atomic E-state index is 13.2. The number of para-hydroxylation sites is 1. The number of nitrogens with one attached hydrogen (secondary N) is 1. The summed E-state index contributed by atoms with van der Waals surface area (Å²) in [7, 11) is 0. The SMILES string of the molecule is CCOCCCn1c(SCC(=O)Nc2ccc(C)cc2)nc2c(oc3ccccc32)c1=O. The van der Waals surface area contributed by atoms with E-state index in [1.165, 1.54) is 11.8 Å². The Bertz CT molecular complexity index is 1290. The van der Waals surface area contributed by atoms with Gasteiger partial charge in [0.1, 0.15) is 11.1 Å². The number of carbonyl (C=O) groups is 1. The van der Waals surface area contributed by atoms with Crippen molar-refractivity contribution in [2.24, 2.45) is 0 Å². The van der Waals surface area contributed by atoms with E-state index in [1.807, 2.05) is 62.4 Å². The number of thioether (sulfide) groups is 1. The van der Waals surface area contributed by atoms with Gasteiger partial charge in [-0.25, -0.2) is 4.98 Å². The predicted octanol–water partition coefficient (Wildman–Crippen LogP) is 4.61. The number of hydrogen-bond acceptors (Lipinski definition) is 6. The van der Waals surface area contributed by atoms with Crippen molar-refractivity contribution in [3.8, 4) is 0 Å². The summed E-state index contributed by atoms with van der Waals surface area (Å²) < 4.78 is 12.8. The molecule has 0 saturated heterocycles. The molecule has 1 amide bonds. The molecule has 0 aliphatic carbocycles. The fraction of sp³-hybridized carbons (Fsp3) is 0.292. The third-order valence-corrected chi connectivity index (χ3v) is 5.97. The second-order valence-corrected chi connectivity index (χ2v) is 8.32. The Morgan fingerprint density at radius 2 is 1.97 bits per heavy atom. The second kappa shape index (κ2) is 10.0. The van der Waals surface area contributed by atoms with E-state index in [0.29, 0.717) is 42.4 Å². The van der Waals surface area contributed by atoms with Gasteiger partial charge in [-0.05, 0) is 44.5 Å². The summed E-state index contributed by atoms with van der Waals surface area (Å²) in [6.45, 7) is 5.52. The Kier molecular flexibility index (Phi) is 6.92. The van der Waals surface area contributed by atoms with Crippen LogP contribution in [0.3, 0.4) is 0 Å². The van der Waals surface area contributed by atoms with Crippen LogP contribution in [0.5, 0.6) is 0 Å². The van der Waals surface area contributed by atoms with Crippen molar-refractivity contribution in [3.05, 3.63) is 64.4 Å². The van der Waals surface area contributed by atoms with Crippen LogP contribution in [-0.2, 0) is 16.1 Å². The van der Waals surface area contributed by atoms with Gasteiger partial charge >= 0.3 is 0 Å². The van der Waals surface area contributed by atoms with Gasteiger partial charge in [-0.3, -0.25) is 14.2 Å². The summed E-state index contributed by atoms with van der Waals surface area (Å²) in [6.07, 6.45) is 0.657. The number of aryl methyl sites for hydroxylation is 1. The van der Waals surface area contributed by atoms with Gasteiger partial charge in [0.25, 0.3) is 5.56 Å². The van der Waals surface area contributed by atoms with Gasteiger partial charge in [0.05, 0.1) is 5.75 Å². The number of anilines is 1. The molecule has 166 valence electrons. The lowest BCUT2D eigenvalue weighted by Crippen LogP contribution is -2.24. The average Bonchev–Trinajstić information content (AvgIpc) is 3.17. The molecule has 7 nitrogen and oxygen atoms in total. The molecule has 0 bridgehead atoms. The maximum Gasteiger partial charge on any atom is 0.297 e. The van der Waals surface area contributed by atoms with Crippen LogP contribution in [0.1, 0.15) is 18.9 Å². The molecule has 0 aliphatic rings. The zero-order valence-corrected chi connectivity index (χ0v) is 18.9. The first-order chi connectivity index (χ1) is 15.6. The quantitative estimate of drug-likeness (QED) is 0.227. The maximum absolute atomic E-state index is 13.2. The Morgan fingerprint density at radius 3 is 2.75 bits per heavy atom. The summed E-state index contributed by atoms with van der Waals surface area (Å²) in [5.74, 6) is -0.0290. The molecule has 4 aromatic rings. The predicted molar refractivity (Wildman–Crippen MR) is 127 cm³/mol. The molecule has 32 heavy (non-hydrogen) atoms. The lowest BCUT2D eigenvalue weighted by Gasteiger charge is -2.12. The number of nitrogens with zero attached hydrogens (tertiary/aromatic N) is 2. The molecule has 0 unspecified atom stereocenters. The van der Waals surface area contributed by atoms with E-state index >= 15 is 0 Å². The Hall–Kier alpha value is -3.10. The third kappa shape index (κ3) is 4.87. The Morgan fingerprint density at radius 1 is 1.19 bits per heavy atom. The fourth-order valence-electron chi connectivity index (χ4n) is 3.39. The molecule has 0 aliphatic heterocycles. The van der Waals surface area contributed by atoms with Gasteiger partial charge < -0.3 is 14.5 Å². The standard InChI is InChI=1S/C24H25N3O4S/c1-3-30-14-6-13-27-23(29)22-21(18-7-4-5-8-19(18)31-22)26-24(27)32-15-20(28)25-17-11-9-16(2)10-12-17/h4-5,7-12H,3,6,13-15H2,1-2H3,(H,25,28). The number of amides is 1. The fourth-order valence-corrected chi connectivity index (χ4v) is 4.21. The van der Waals surface area contributed by atoms with Crippen LogP contribution >= 0.6 is 11.8 Å². The molecule has 0 saturated carbocycles. The molecule has 2 heterocycles. The van der Waals surface area contributed by atoms with E-state index < -0.39 is 0 Å². The van der Waals surface area contributed by atoms with Crippen molar-refractivity contribution in [2.45, 2.75) is 32.0 Å². The van der Waals surface area contributed by atoms with Crippen LogP contribution in [0.2, 0.25) is 0 Å². The van der Waals surface area contributed by atoms with Gasteiger partial charge in [-0.1, -0.05) is 41.6 Å². The van der Waals surface area contributed by atoms with Crippen molar-refractivity contribution < 1.29 is 13.9 Å². The summed E-state index contributed by atoms with van der Waals surface area (Å²) in [6, 6.07) is 15.1. The molecule has 4 rings (SSSR count). The molecular formula is C24H25N3O4S.